The van der Waals surface area contributed by atoms with E-state index < -0.39 is 4.92 Å². The molecule has 0 aromatic heterocycles. The summed E-state index contributed by atoms with van der Waals surface area (Å²) in [6.07, 6.45) is 0. The van der Waals surface area contributed by atoms with Crippen LogP contribution < -0.4 is 0 Å². The molecular formula is C13H14N2O3S3. The highest BCUT2D eigenvalue weighted by atomic mass is 32.2. The second kappa shape index (κ2) is 7.77. The molecule has 1 saturated heterocycles. The Kier molecular flexibility index (Phi) is 6.01. The largest absolute Gasteiger partial charge is 0.356 e. The number of nitro groups is 1. The first-order valence-corrected chi connectivity index (χ1v) is 8.90. The van der Waals surface area contributed by atoms with E-state index in [1.807, 2.05) is 11.8 Å². The minimum Gasteiger partial charge on any atom is -0.356 e. The molecule has 1 fully saturated rings. The van der Waals surface area contributed by atoms with Gasteiger partial charge in [-0.1, -0.05) is 24.0 Å². The van der Waals surface area contributed by atoms with E-state index in [1.165, 1.54) is 36.0 Å². The topological polar surface area (TPSA) is 63.5 Å². The van der Waals surface area contributed by atoms with Gasteiger partial charge in [0.1, 0.15) is 4.32 Å². The van der Waals surface area contributed by atoms with Crippen LogP contribution in [0.1, 0.15) is 10.4 Å². The van der Waals surface area contributed by atoms with E-state index in [1.54, 1.807) is 0 Å². The number of hydrogen-bond acceptors (Lipinski definition) is 6. The quantitative estimate of drug-likeness (QED) is 0.361. The number of Topliss-reactive ketones (excluding diaryl/α,β-unsaturated/α-hetero) is 1. The molecule has 1 aromatic rings. The number of benzene rings is 1. The molecule has 0 saturated carbocycles. The van der Waals surface area contributed by atoms with E-state index >= 15 is 0 Å². The van der Waals surface area contributed by atoms with Gasteiger partial charge in [0.05, 0.1) is 10.7 Å². The fourth-order valence-electron chi connectivity index (χ4n) is 1.82. The Hall–Kier alpha value is -1.12. The van der Waals surface area contributed by atoms with Gasteiger partial charge < -0.3 is 4.90 Å². The molecule has 5 nitrogen and oxygen atoms in total. The van der Waals surface area contributed by atoms with Crippen molar-refractivity contribution >= 4 is 51.5 Å². The van der Waals surface area contributed by atoms with Crippen molar-refractivity contribution in [2.75, 3.05) is 30.3 Å². The van der Waals surface area contributed by atoms with Crippen LogP contribution >= 0.6 is 35.7 Å². The molecule has 2 rings (SSSR count). The van der Waals surface area contributed by atoms with E-state index in [2.05, 4.69) is 4.90 Å². The Morgan fingerprint density at radius 1 is 1.33 bits per heavy atom. The molecule has 1 aliphatic rings. The zero-order valence-electron chi connectivity index (χ0n) is 11.2. The van der Waals surface area contributed by atoms with E-state index in [0.717, 1.165) is 28.9 Å². The Bertz CT molecular complexity index is 542. The van der Waals surface area contributed by atoms with Crippen molar-refractivity contribution < 1.29 is 9.72 Å². The number of hydrogen-bond donors (Lipinski definition) is 0. The summed E-state index contributed by atoms with van der Waals surface area (Å²) in [4.78, 5) is 24.2. The van der Waals surface area contributed by atoms with E-state index in [9.17, 15) is 14.9 Å². The number of carbonyl (C=O) groups is 1. The van der Waals surface area contributed by atoms with Gasteiger partial charge in [0.25, 0.3) is 5.69 Å². The Labute approximate surface area is 136 Å². The third-order valence-corrected chi connectivity index (χ3v) is 5.46. The zero-order valence-corrected chi connectivity index (χ0v) is 13.6. The third-order valence-electron chi connectivity index (χ3n) is 3.00. The predicted molar refractivity (Wildman–Crippen MR) is 91.4 cm³/mol. The van der Waals surface area contributed by atoms with Gasteiger partial charge in [0.15, 0.2) is 5.78 Å². The molecule has 1 aliphatic heterocycles. The van der Waals surface area contributed by atoms with Crippen molar-refractivity contribution in [2.45, 2.75) is 0 Å². The van der Waals surface area contributed by atoms with Gasteiger partial charge in [-0.05, 0) is 12.1 Å². The molecule has 8 heteroatoms. The molecule has 21 heavy (non-hydrogen) atoms. The molecule has 112 valence electrons. The lowest BCUT2D eigenvalue weighted by atomic mass is 10.1. The maximum atomic E-state index is 12.0. The van der Waals surface area contributed by atoms with E-state index in [4.69, 9.17) is 12.2 Å². The normalized spacial score (nSPS) is 14.8. The molecule has 1 heterocycles. The van der Waals surface area contributed by atoms with Crippen molar-refractivity contribution in [3.63, 3.8) is 0 Å². The van der Waals surface area contributed by atoms with Crippen LogP contribution in [0.3, 0.4) is 0 Å². The van der Waals surface area contributed by atoms with Crippen molar-refractivity contribution in [3.8, 4) is 0 Å². The second-order valence-corrected chi connectivity index (χ2v) is 7.22. The van der Waals surface area contributed by atoms with Crippen molar-refractivity contribution in [3.05, 3.63) is 39.9 Å². The summed E-state index contributed by atoms with van der Waals surface area (Å²) in [5, 5.41) is 10.6. The number of non-ortho nitro benzene ring substituents is 1. The van der Waals surface area contributed by atoms with Crippen LogP contribution in [0.15, 0.2) is 24.3 Å². The second-order valence-electron chi connectivity index (χ2n) is 4.38. The molecule has 0 bridgehead atoms. The van der Waals surface area contributed by atoms with Crippen molar-refractivity contribution in [1.82, 2.24) is 4.90 Å². The standard InChI is InChI=1S/C13H14N2O3S3/c16-12(10-1-3-11(4-2-10)15(17)18)9-21-13(19)14-5-7-20-8-6-14/h1-4H,5-9H2. The molecule has 0 N–H and O–H groups in total. The van der Waals surface area contributed by atoms with Crippen LogP contribution in [0, 0.1) is 10.1 Å². The van der Waals surface area contributed by atoms with Crippen LogP contribution in [0.4, 0.5) is 5.69 Å². The summed E-state index contributed by atoms with van der Waals surface area (Å²) in [5.41, 5.74) is 0.464. The summed E-state index contributed by atoms with van der Waals surface area (Å²) in [6, 6.07) is 5.67. The van der Waals surface area contributed by atoms with Crippen LogP contribution in [-0.2, 0) is 0 Å². The van der Waals surface area contributed by atoms with Crippen LogP contribution in [-0.4, -0.2) is 50.3 Å². The maximum Gasteiger partial charge on any atom is 0.269 e. The minimum atomic E-state index is -0.480. The van der Waals surface area contributed by atoms with Crippen molar-refractivity contribution in [2.24, 2.45) is 0 Å². The Morgan fingerprint density at radius 3 is 2.52 bits per heavy atom. The fourth-order valence-corrected chi connectivity index (χ4v) is 3.87. The number of rotatable bonds is 4. The maximum absolute atomic E-state index is 12.0. The molecule has 0 atom stereocenters. The number of carbonyl (C=O) groups excluding carboxylic acids is 1. The number of ketones is 1. The van der Waals surface area contributed by atoms with Crippen LogP contribution in [0.2, 0.25) is 0 Å². The first-order valence-electron chi connectivity index (χ1n) is 6.35. The molecule has 0 amide bonds. The summed E-state index contributed by atoms with van der Waals surface area (Å²) in [7, 11) is 0. The fraction of sp³-hybridized carbons (Fsp3) is 0.385. The summed E-state index contributed by atoms with van der Waals surface area (Å²) in [5.74, 6) is 2.33. The van der Waals surface area contributed by atoms with Gasteiger partial charge in [-0.15, -0.1) is 0 Å². The minimum absolute atomic E-state index is 0.0134. The number of nitro benzene ring substituents is 1. The van der Waals surface area contributed by atoms with Gasteiger partial charge >= 0.3 is 0 Å². The molecule has 1 aromatic carbocycles. The summed E-state index contributed by atoms with van der Waals surface area (Å²) < 4.78 is 0.755. The van der Waals surface area contributed by atoms with Gasteiger partial charge in [0, 0.05) is 42.3 Å². The molecule has 0 aliphatic carbocycles. The number of nitrogens with zero attached hydrogens (tertiary/aromatic N) is 2. The SMILES string of the molecule is O=C(CSC(=S)N1CCSCC1)c1ccc([N+](=O)[O-])cc1. The molecular weight excluding hydrogens is 328 g/mol. The van der Waals surface area contributed by atoms with E-state index in [0.29, 0.717) is 5.56 Å². The lowest BCUT2D eigenvalue weighted by Crippen LogP contribution is -2.35. The average molecular weight is 342 g/mol. The first-order chi connectivity index (χ1) is 10.1. The Balaban J connectivity index is 1.86. The highest BCUT2D eigenvalue weighted by Crippen LogP contribution is 2.18. The van der Waals surface area contributed by atoms with Crippen molar-refractivity contribution in [1.29, 1.82) is 0 Å². The first kappa shape index (κ1) is 16.3. The smallest absolute Gasteiger partial charge is 0.269 e. The van der Waals surface area contributed by atoms with Crippen LogP contribution in [0.5, 0.6) is 0 Å². The van der Waals surface area contributed by atoms with E-state index in [-0.39, 0.29) is 17.2 Å². The molecule has 0 spiro atoms. The van der Waals surface area contributed by atoms with Gasteiger partial charge in [-0.25, -0.2) is 0 Å². The van der Waals surface area contributed by atoms with Crippen LogP contribution in [0.25, 0.3) is 0 Å². The molecule has 0 radical (unpaired) electrons. The predicted octanol–water partition coefficient (Wildman–Crippen LogP) is 2.84. The summed E-state index contributed by atoms with van der Waals surface area (Å²) >= 11 is 8.60. The van der Waals surface area contributed by atoms with Gasteiger partial charge in [0.2, 0.25) is 0 Å². The third kappa shape index (κ3) is 4.69. The monoisotopic (exact) mass is 342 g/mol. The summed E-state index contributed by atoms with van der Waals surface area (Å²) in [6.45, 7) is 1.87. The average Bonchev–Trinajstić information content (AvgIpc) is 2.53. The highest BCUT2D eigenvalue weighted by molar-refractivity contribution is 8.23. The molecule has 0 unspecified atom stereocenters. The Morgan fingerprint density at radius 2 is 1.95 bits per heavy atom. The lowest BCUT2D eigenvalue weighted by Gasteiger charge is -2.28. The van der Waals surface area contributed by atoms with Gasteiger partial charge in [-0.2, -0.15) is 11.8 Å². The highest BCUT2D eigenvalue weighted by Gasteiger charge is 2.16. The zero-order chi connectivity index (χ0) is 15.2. The number of thioether (sulfide) groups is 2. The lowest BCUT2D eigenvalue weighted by molar-refractivity contribution is -0.384. The number of thiocarbonyl (C=S) groups is 1. The van der Waals surface area contributed by atoms with Gasteiger partial charge in [-0.3, -0.25) is 14.9 Å².